The van der Waals surface area contributed by atoms with Gasteiger partial charge in [0.05, 0.1) is 0 Å². The van der Waals surface area contributed by atoms with Crippen molar-refractivity contribution in [3.8, 4) is 5.75 Å². The van der Waals surface area contributed by atoms with Gasteiger partial charge < -0.3 is 10.4 Å². The Morgan fingerprint density at radius 3 is 1.57 bits per heavy atom. The van der Waals surface area contributed by atoms with Gasteiger partial charge in [0.25, 0.3) is 0 Å². The van der Waals surface area contributed by atoms with Gasteiger partial charge >= 0.3 is 0 Å². The molecule has 0 fully saturated rings. The van der Waals surface area contributed by atoms with E-state index in [0.29, 0.717) is 11.2 Å². The smallest absolute Gasteiger partial charge is 0.121 e. The van der Waals surface area contributed by atoms with Crippen LogP contribution in [0.15, 0.2) is 42.5 Å². The quantitative estimate of drug-likeness (QED) is 0.501. The van der Waals surface area contributed by atoms with Crippen LogP contribution in [-0.2, 0) is 10.8 Å². The second kappa shape index (κ2) is 8.29. The van der Waals surface area contributed by atoms with Crippen molar-refractivity contribution >= 4 is 11.4 Å². The summed E-state index contributed by atoms with van der Waals surface area (Å²) in [7, 11) is 0. The van der Waals surface area contributed by atoms with Crippen LogP contribution in [0.3, 0.4) is 0 Å². The second-order valence-corrected chi connectivity index (χ2v) is 12.7. The molecule has 2 rings (SSSR count). The van der Waals surface area contributed by atoms with Crippen LogP contribution in [0, 0.1) is 10.8 Å². The molecule has 0 spiro atoms. The molecule has 0 aliphatic carbocycles. The minimum atomic E-state index is -0.0822. The SMILES string of the molecule is CC(C)(C)CC(C)(C)c1ccc(Nc2ccc(C(C)(C)CC(C)(C)C)c(O)c2)cc1. The van der Waals surface area contributed by atoms with Gasteiger partial charge in [0.1, 0.15) is 5.75 Å². The van der Waals surface area contributed by atoms with Gasteiger partial charge in [-0.2, -0.15) is 0 Å². The fraction of sp³-hybridized carbons (Fsp3) is 0.571. The van der Waals surface area contributed by atoms with Gasteiger partial charge in [0.15, 0.2) is 0 Å². The fourth-order valence-electron chi connectivity index (χ4n) is 5.20. The molecule has 0 aliphatic rings. The molecule has 0 saturated carbocycles. The van der Waals surface area contributed by atoms with Crippen molar-refractivity contribution in [3.05, 3.63) is 53.6 Å². The first kappa shape index (κ1) is 24.3. The van der Waals surface area contributed by atoms with Crippen molar-refractivity contribution < 1.29 is 5.11 Å². The Bertz CT molecular complexity index is 846. The molecule has 2 N–H and O–H groups in total. The first-order valence-corrected chi connectivity index (χ1v) is 11.2. The monoisotopic (exact) mass is 409 g/mol. The summed E-state index contributed by atoms with van der Waals surface area (Å²) in [4.78, 5) is 0. The van der Waals surface area contributed by atoms with Gasteiger partial charge in [0.2, 0.25) is 0 Å². The van der Waals surface area contributed by atoms with Crippen LogP contribution in [-0.4, -0.2) is 5.11 Å². The highest BCUT2D eigenvalue weighted by atomic mass is 16.3. The maximum absolute atomic E-state index is 10.7. The summed E-state index contributed by atoms with van der Waals surface area (Å²) in [6.45, 7) is 22.7. The topological polar surface area (TPSA) is 32.3 Å². The lowest BCUT2D eigenvalue weighted by Crippen LogP contribution is -2.24. The van der Waals surface area contributed by atoms with Crippen molar-refractivity contribution in [2.24, 2.45) is 10.8 Å². The number of aromatic hydroxyl groups is 1. The maximum Gasteiger partial charge on any atom is 0.121 e. The van der Waals surface area contributed by atoms with Crippen LogP contribution in [0.5, 0.6) is 5.75 Å². The summed E-state index contributed by atoms with van der Waals surface area (Å²) < 4.78 is 0. The lowest BCUT2D eigenvalue weighted by Gasteiger charge is -2.33. The molecule has 0 radical (unpaired) electrons. The number of phenols is 1. The van der Waals surface area contributed by atoms with Crippen molar-refractivity contribution in [3.63, 3.8) is 0 Å². The van der Waals surface area contributed by atoms with E-state index >= 15 is 0 Å². The van der Waals surface area contributed by atoms with E-state index in [9.17, 15) is 5.11 Å². The number of nitrogens with one attached hydrogen (secondary N) is 1. The molecule has 0 aliphatic heterocycles. The first-order chi connectivity index (χ1) is 13.5. The van der Waals surface area contributed by atoms with Gasteiger partial charge in [-0.1, -0.05) is 87.4 Å². The van der Waals surface area contributed by atoms with E-state index in [4.69, 9.17) is 0 Å². The van der Waals surface area contributed by atoms with Crippen LogP contribution in [0.1, 0.15) is 93.2 Å². The highest BCUT2D eigenvalue weighted by Crippen LogP contribution is 2.41. The molecule has 166 valence electrons. The third kappa shape index (κ3) is 6.79. The largest absolute Gasteiger partial charge is 0.508 e. The molecule has 0 saturated heterocycles. The van der Waals surface area contributed by atoms with Gasteiger partial charge in [-0.3, -0.25) is 0 Å². The molecule has 0 bridgehead atoms. The average molecular weight is 410 g/mol. The molecular formula is C28H43NO. The Kier molecular flexibility index (Phi) is 6.71. The number of rotatable bonds is 6. The van der Waals surface area contributed by atoms with Crippen molar-refractivity contribution in [2.45, 2.75) is 92.9 Å². The number of anilines is 2. The molecule has 30 heavy (non-hydrogen) atoms. The molecule has 0 aromatic heterocycles. The van der Waals surface area contributed by atoms with E-state index in [-0.39, 0.29) is 16.2 Å². The number of hydrogen-bond acceptors (Lipinski definition) is 2. The summed E-state index contributed by atoms with van der Waals surface area (Å²) in [6.07, 6.45) is 2.14. The third-order valence-corrected chi connectivity index (χ3v) is 5.63. The van der Waals surface area contributed by atoms with Crippen LogP contribution in [0.2, 0.25) is 0 Å². The zero-order chi connectivity index (χ0) is 23.0. The Balaban J connectivity index is 2.17. The molecule has 2 aromatic rings. The average Bonchev–Trinajstić information content (AvgIpc) is 2.50. The number of phenolic OH excluding ortho intramolecular Hbond substituents is 1. The van der Waals surface area contributed by atoms with E-state index in [0.717, 1.165) is 29.8 Å². The van der Waals surface area contributed by atoms with Crippen LogP contribution < -0.4 is 5.32 Å². The standard InChI is InChI=1S/C28H43NO/c1-25(2,3)18-27(7,8)20-11-13-21(14-12-20)29-22-15-16-23(24(30)17-22)28(9,10)19-26(4,5)6/h11-17,29-30H,18-19H2,1-10H3. The van der Waals surface area contributed by atoms with Crippen LogP contribution >= 0.6 is 0 Å². The number of hydrogen-bond donors (Lipinski definition) is 2. The highest BCUT2D eigenvalue weighted by molar-refractivity contribution is 5.63. The normalized spacial score (nSPS) is 13.4. The Morgan fingerprint density at radius 1 is 0.633 bits per heavy atom. The molecule has 0 atom stereocenters. The summed E-state index contributed by atoms with van der Waals surface area (Å²) in [6, 6.07) is 14.7. The maximum atomic E-state index is 10.7. The molecule has 0 heterocycles. The van der Waals surface area contributed by atoms with E-state index in [1.165, 1.54) is 5.56 Å². The first-order valence-electron chi connectivity index (χ1n) is 11.2. The summed E-state index contributed by atoms with van der Waals surface area (Å²) in [5.74, 6) is 0.359. The van der Waals surface area contributed by atoms with Crippen molar-refractivity contribution in [1.82, 2.24) is 0 Å². The fourth-order valence-corrected chi connectivity index (χ4v) is 5.20. The van der Waals surface area contributed by atoms with E-state index in [2.05, 4.69) is 111 Å². The van der Waals surface area contributed by atoms with E-state index in [1.807, 2.05) is 6.07 Å². The van der Waals surface area contributed by atoms with Crippen molar-refractivity contribution in [2.75, 3.05) is 5.32 Å². The molecule has 0 amide bonds. The minimum absolute atomic E-state index is 0.0822. The highest BCUT2D eigenvalue weighted by Gasteiger charge is 2.30. The zero-order valence-corrected chi connectivity index (χ0v) is 20.9. The minimum Gasteiger partial charge on any atom is -0.508 e. The van der Waals surface area contributed by atoms with Gasteiger partial charge in [-0.05, 0) is 63.8 Å². The lowest BCUT2D eigenvalue weighted by atomic mass is 9.72. The van der Waals surface area contributed by atoms with Crippen molar-refractivity contribution in [1.29, 1.82) is 0 Å². The Labute approximate surface area is 185 Å². The summed E-state index contributed by atoms with van der Waals surface area (Å²) in [5.41, 5.74) is 4.84. The second-order valence-electron chi connectivity index (χ2n) is 12.7. The molecule has 2 heteroatoms. The molecule has 2 aromatic carbocycles. The van der Waals surface area contributed by atoms with Gasteiger partial charge in [-0.15, -0.1) is 0 Å². The third-order valence-electron chi connectivity index (χ3n) is 5.63. The lowest BCUT2D eigenvalue weighted by molar-refractivity contribution is 0.278. The van der Waals surface area contributed by atoms with Crippen LogP contribution in [0.4, 0.5) is 11.4 Å². The predicted octanol–water partition coefficient (Wildman–Crippen LogP) is 8.56. The summed E-state index contributed by atoms with van der Waals surface area (Å²) in [5, 5.41) is 14.2. The Morgan fingerprint density at radius 2 is 1.10 bits per heavy atom. The molecular weight excluding hydrogens is 366 g/mol. The molecule has 2 nitrogen and oxygen atoms in total. The Hall–Kier alpha value is -1.96. The zero-order valence-electron chi connectivity index (χ0n) is 20.9. The summed E-state index contributed by atoms with van der Waals surface area (Å²) >= 11 is 0. The van der Waals surface area contributed by atoms with Crippen LogP contribution in [0.25, 0.3) is 0 Å². The number of benzene rings is 2. The van der Waals surface area contributed by atoms with Gasteiger partial charge in [-0.25, -0.2) is 0 Å². The van der Waals surface area contributed by atoms with Gasteiger partial charge in [0, 0.05) is 17.4 Å². The predicted molar refractivity (Wildman–Crippen MR) is 132 cm³/mol. The molecule has 0 unspecified atom stereocenters. The van der Waals surface area contributed by atoms with E-state index in [1.54, 1.807) is 0 Å². The van der Waals surface area contributed by atoms with E-state index < -0.39 is 0 Å².